The summed E-state index contributed by atoms with van der Waals surface area (Å²) in [5, 5.41) is 5.58. The van der Waals surface area contributed by atoms with Crippen LogP contribution in [0.2, 0.25) is 0 Å². The van der Waals surface area contributed by atoms with Crippen molar-refractivity contribution < 1.29 is 18.0 Å². The molecule has 0 aliphatic rings. The molecule has 0 aliphatic carbocycles. The van der Waals surface area contributed by atoms with Gasteiger partial charge in [0.25, 0.3) is 5.91 Å². The smallest absolute Gasteiger partial charge is 0.368 e. The fraction of sp³-hybridized carbons (Fsp3) is 0.353. The third-order valence-corrected chi connectivity index (χ3v) is 3.53. The Bertz CT molecular complexity index is 762. The molecule has 0 spiro atoms. The summed E-state index contributed by atoms with van der Waals surface area (Å²) in [6, 6.07) is 6.08. The average molecular weight is 352 g/mol. The predicted octanol–water partition coefficient (Wildman–Crippen LogP) is 4.27. The van der Waals surface area contributed by atoms with Crippen LogP contribution in [-0.4, -0.2) is 21.9 Å². The SMILES string of the molecule is CCC(C)Nc1cc(C(=O)Nc2cccc(C(F)(F)F)c2)nc(C)n1. The number of halogens is 3. The van der Waals surface area contributed by atoms with Gasteiger partial charge in [0.1, 0.15) is 17.3 Å². The Morgan fingerprint density at radius 1 is 1.24 bits per heavy atom. The molecular formula is C17H19F3N4O. The Balaban J connectivity index is 2.21. The van der Waals surface area contributed by atoms with E-state index in [9.17, 15) is 18.0 Å². The zero-order valence-electron chi connectivity index (χ0n) is 14.1. The van der Waals surface area contributed by atoms with Gasteiger partial charge in [0.15, 0.2) is 0 Å². The highest BCUT2D eigenvalue weighted by Gasteiger charge is 2.30. The van der Waals surface area contributed by atoms with Crippen molar-refractivity contribution >= 4 is 17.4 Å². The predicted molar refractivity (Wildman–Crippen MR) is 89.5 cm³/mol. The van der Waals surface area contributed by atoms with E-state index in [1.165, 1.54) is 18.2 Å². The van der Waals surface area contributed by atoms with E-state index >= 15 is 0 Å². The number of nitrogens with zero attached hydrogens (tertiary/aromatic N) is 2. The Hall–Kier alpha value is -2.64. The Labute approximate surface area is 143 Å². The fourth-order valence-electron chi connectivity index (χ4n) is 2.08. The van der Waals surface area contributed by atoms with Gasteiger partial charge in [-0.3, -0.25) is 4.79 Å². The maximum atomic E-state index is 12.7. The molecule has 1 atom stereocenters. The summed E-state index contributed by atoms with van der Waals surface area (Å²) in [6.45, 7) is 5.62. The third-order valence-electron chi connectivity index (χ3n) is 3.53. The number of benzene rings is 1. The molecule has 0 saturated heterocycles. The zero-order chi connectivity index (χ0) is 18.6. The molecule has 2 rings (SSSR count). The lowest BCUT2D eigenvalue weighted by molar-refractivity contribution is -0.137. The van der Waals surface area contributed by atoms with Crippen molar-refractivity contribution in [1.82, 2.24) is 9.97 Å². The lowest BCUT2D eigenvalue weighted by Gasteiger charge is -2.14. The van der Waals surface area contributed by atoms with E-state index in [0.717, 1.165) is 18.6 Å². The summed E-state index contributed by atoms with van der Waals surface area (Å²) in [6.07, 6.45) is -3.60. The molecule has 0 fully saturated rings. The van der Waals surface area contributed by atoms with Gasteiger partial charge in [-0.25, -0.2) is 9.97 Å². The number of nitrogens with one attached hydrogen (secondary N) is 2. The second kappa shape index (κ2) is 7.50. The van der Waals surface area contributed by atoms with Crippen LogP contribution in [0, 0.1) is 6.92 Å². The number of aryl methyl sites for hydroxylation is 1. The zero-order valence-corrected chi connectivity index (χ0v) is 14.1. The highest BCUT2D eigenvalue weighted by Crippen LogP contribution is 2.30. The monoisotopic (exact) mass is 352 g/mol. The number of hydrogen-bond acceptors (Lipinski definition) is 4. The minimum absolute atomic E-state index is 0.0486. The van der Waals surface area contributed by atoms with Crippen LogP contribution in [0.5, 0.6) is 0 Å². The van der Waals surface area contributed by atoms with E-state index in [4.69, 9.17) is 0 Å². The first-order chi connectivity index (χ1) is 11.7. The number of aromatic nitrogens is 2. The Kier molecular flexibility index (Phi) is 5.61. The molecule has 0 aliphatic heterocycles. The average Bonchev–Trinajstić information content (AvgIpc) is 2.53. The second-order valence-corrected chi connectivity index (χ2v) is 5.67. The second-order valence-electron chi connectivity index (χ2n) is 5.67. The van der Waals surface area contributed by atoms with Crippen molar-refractivity contribution in [2.75, 3.05) is 10.6 Å². The highest BCUT2D eigenvalue weighted by atomic mass is 19.4. The molecule has 1 aromatic carbocycles. The van der Waals surface area contributed by atoms with E-state index in [0.29, 0.717) is 11.6 Å². The lowest BCUT2D eigenvalue weighted by atomic mass is 10.2. The topological polar surface area (TPSA) is 66.9 Å². The van der Waals surface area contributed by atoms with Crippen molar-refractivity contribution in [3.63, 3.8) is 0 Å². The molecule has 5 nitrogen and oxygen atoms in total. The third kappa shape index (κ3) is 5.17. The molecule has 0 saturated carbocycles. The number of carbonyl (C=O) groups is 1. The highest BCUT2D eigenvalue weighted by molar-refractivity contribution is 6.03. The molecule has 1 aromatic heterocycles. The molecule has 1 amide bonds. The largest absolute Gasteiger partial charge is 0.416 e. The summed E-state index contributed by atoms with van der Waals surface area (Å²) < 4.78 is 38.2. The molecule has 25 heavy (non-hydrogen) atoms. The maximum Gasteiger partial charge on any atom is 0.416 e. The van der Waals surface area contributed by atoms with E-state index in [2.05, 4.69) is 20.6 Å². The first-order valence-corrected chi connectivity index (χ1v) is 7.80. The molecular weight excluding hydrogens is 333 g/mol. The Morgan fingerprint density at radius 2 is 1.96 bits per heavy atom. The quantitative estimate of drug-likeness (QED) is 0.843. The normalized spacial score (nSPS) is 12.6. The first kappa shape index (κ1) is 18.7. The van der Waals surface area contributed by atoms with Crippen LogP contribution < -0.4 is 10.6 Å². The molecule has 134 valence electrons. The number of alkyl halides is 3. The number of carbonyl (C=O) groups excluding carboxylic acids is 1. The van der Waals surface area contributed by atoms with E-state index in [-0.39, 0.29) is 17.4 Å². The van der Waals surface area contributed by atoms with Crippen LogP contribution >= 0.6 is 0 Å². The van der Waals surface area contributed by atoms with Crippen LogP contribution in [-0.2, 0) is 6.18 Å². The Morgan fingerprint density at radius 3 is 2.60 bits per heavy atom. The van der Waals surface area contributed by atoms with Crippen molar-refractivity contribution in [3.05, 3.63) is 47.4 Å². The summed E-state index contributed by atoms with van der Waals surface area (Å²) in [7, 11) is 0. The summed E-state index contributed by atoms with van der Waals surface area (Å²) in [5.41, 5.74) is -0.702. The maximum absolute atomic E-state index is 12.7. The number of rotatable bonds is 5. The first-order valence-electron chi connectivity index (χ1n) is 7.80. The summed E-state index contributed by atoms with van der Waals surface area (Å²) >= 11 is 0. The van der Waals surface area contributed by atoms with Crippen molar-refractivity contribution in [2.24, 2.45) is 0 Å². The van der Waals surface area contributed by atoms with Gasteiger partial charge < -0.3 is 10.6 Å². The van der Waals surface area contributed by atoms with Crippen LogP contribution in [0.15, 0.2) is 30.3 Å². The minimum atomic E-state index is -4.47. The molecule has 0 bridgehead atoms. The van der Waals surface area contributed by atoms with Crippen molar-refractivity contribution in [2.45, 2.75) is 39.4 Å². The molecule has 2 aromatic rings. The van der Waals surface area contributed by atoms with Gasteiger partial charge in [-0.15, -0.1) is 0 Å². The van der Waals surface area contributed by atoms with Gasteiger partial charge in [0.2, 0.25) is 0 Å². The van der Waals surface area contributed by atoms with Crippen LogP contribution in [0.25, 0.3) is 0 Å². The minimum Gasteiger partial charge on any atom is -0.368 e. The summed E-state index contributed by atoms with van der Waals surface area (Å²) in [4.78, 5) is 20.6. The number of amides is 1. The van der Waals surface area contributed by atoms with Gasteiger partial charge in [0, 0.05) is 17.8 Å². The van der Waals surface area contributed by atoms with Gasteiger partial charge in [-0.1, -0.05) is 13.0 Å². The molecule has 8 heteroatoms. The number of anilines is 2. The van der Waals surface area contributed by atoms with E-state index < -0.39 is 17.6 Å². The summed E-state index contributed by atoms with van der Waals surface area (Å²) in [5.74, 6) is 0.288. The van der Waals surface area contributed by atoms with Gasteiger partial charge in [-0.2, -0.15) is 13.2 Å². The van der Waals surface area contributed by atoms with E-state index in [1.807, 2.05) is 13.8 Å². The standard InChI is InChI=1S/C17H19F3N4O/c1-4-10(2)21-15-9-14(22-11(3)23-15)16(25)24-13-7-5-6-12(8-13)17(18,19)20/h5-10H,4H2,1-3H3,(H,24,25)(H,21,22,23). The molecule has 0 radical (unpaired) electrons. The number of hydrogen-bond donors (Lipinski definition) is 2. The van der Waals surface area contributed by atoms with Gasteiger partial charge in [-0.05, 0) is 38.5 Å². The molecule has 1 unspecified atom stereocenters. The lowest BCUT2D eigenvalue weighted by Crippen LogP contribution is -2.19. The van der Waals surface area contributed by atoms with Crippen molar-refractivity contribution in [3.8, 4) is 0 Å². The molecule has 1 heterocycles. The van der Waals surface area contributed by atoms with Crippen LogP contribution in [0.4, 0.5) is 24.7 Å². The van der Waals surface area contributed by atoms with Gasteiger partial charge >= 0.3 is 6.18 Å². The van der Waals surface area contributed by atoms with Crippen molar-refractivity contribution in [1.29, 1.82) is 0 Å². The van der Waals surface area contributed by atoms with Crippen LogP contribution in [0.3, 0.4) is 0 Å². The fourth-order valence-corrected chi connectivity index (χ4v) is 2.08. The van der Waals surface area contributed by atoms with E-state index in [1.54, 1.807) is 6.92 Å². The van der Waals surface area contributed by atoms with Crippen LogP contribution in [0.1, 0.15) is 42.1 Å². The molecule has 2 N–H and O–H groups in total. The van der Waals surface area contributed by atoms with Gasteiger partial charge in [0.05, 0.1) is 5.56 Å².